The monoisotopic (exact) mass is 315 g/mol. The molecule has 4 nitrogen and oxygen atoms in total. The molecule has 1 aromatic carbocycles. The molecule has 0 heterocycles. The van der Waals surface area contributed by atoms with Crippen molar-refractivity contribution >= 4 is 27.6 Å². The average molecular weight is 316 g/mol. The molecular formula is C13H18BrNO3. The van der Waals surface area contributed by atoms with E-state index < -0.39 is 0 Å². The van der Waals surface area contributed by atoms with Crippen molar-refractivity contribution in [1.82, 2.24) is 0 Å². The average Bonchev–Trinajstić information content (AvgIpc) is 2.36. The number of benzene rings is 1. The molecule has 0 radical (unpaired) electrons. The summed E-state index contributed by atoms with van der Waals surface area (Å²) in [6, 6.07) is 5.11. The van der Waals surface area contributed by atoms with E-state index in [1.54, 1.807) is 18.2 Å². The molecule has 1 rings (SSSR count). The number of nitrogens with two attached hydrogens (primary N) is 1. The van der Waals surface area contributed by atoms with Gasteiger partial charge < -0.3 is 15.6 Å². The molecule has 0 aliphatic heterocycles. The lowest BCUT2D eigenvalue weighted by atomic mass is 10.2. The summed E-state index contributed by atoms with van der Waals surface area (Å²) in [6.07, 6.45) is 3.52. The van der Waals surface area contributed by atoms with E-state index in [1.165, 1.54) is 0 Å². The van der Waals surface area contributed by atoms with Crippen molar-refractivity contribution in [2.75, 3.05) is 18.9 Å². The number of anilines is 1. The van der Waals surface area contributed by atoms with Crippen molar-refractivity contribution in [3.63, 3.8) is 0 Å². The van der Waals surface area contributed by atoms with Crippen LogP contribution in [0.2, 0.25) is 0 Å². The zero-order valence-corrected chi connectivity index (χ0v) is 11.8. The van der Waals surface area contributed by atoms with Crippen LogP contribution in [0, 0.1) is 0 Å². The van der Waals surface area contributed by atoms with Gasteiger partial charge in [0.25, 0.3) is 0 Å². The molecule has 1 aromatic rings. The summed E-state index contributed by atoms with van der Waals surface area (Å²) >= 11 is 3.27. The Balaban J connectivity index is 2.35. The van der Waals surface area contributed by atoms with Gasteiger partial charge in [-0.2, -0.15) is 0 Å². The molecule has 0 saturated carbocycles. The van der Waals surface area contributed by atoms with Crippen LogP contribution in [-0.2, 0) is 4.74 Å². The minimum atomic E-state index is -0.365. The summed E-state index contributed by atoms with van der Waals surface area (Å²) in [7, 11) is 0. The van der Waals surface area contributed by atoms with Gasteiger partial charge >= 0.3 is 5.97 Å². The molecular weight excluding hydrogens is 298 g/mol. The summed E-state index contributed by atoms with van der Waals surface area (Å²) < 4.78 is 5.74. The Hall–Kier alpha value is -1.07. The van der Waals surface area contributed by atoms with Crippen LogP contribution in [0.15, 0.2) is 22.7 Å². The highest BCUT2D eigenvalue weighted by Gasteiger charge is 2.12. The van der Waals surface area contributed by atoms with Gasteiger partial charge in [-0.05, 0) is 47.3 Å². The van der Waals surface area contributed by atoms with E-state index in [-0.39, 0.29) is 12.6 Å². The van der Waals surface area contributed by atoms with E-state index in [0.717, 1.165) is 25.7 Å². The molecule has 0 saturated heterocycles. The van der Waals surface area contributed by atoms with Crippen LogP contribution in [0.5, 0.6) is 0 Å². The molecule has 0 bridgehead atoms. The molecule has 5 heteroatoms. The van der Waals surface area contributed by atoms with E-state index in [4.69, 9.17) is 15.6 Å². The second kappa shape index (κ2) is 8.11. The molecule has 3 N–H and O–H groups in total. The largest absolute Gasteiger partial charge is 0.462 e. The van der Waals surface area contributed by atoms with Gasteiger partial charge in [-0.25, -0.2) is 4.79 Å². The first-order chi connectivity index (χ1) is 8.66. The van der Waals surface area contributed by atoms with Crippen molar-refractivity contribution in [2.24, 2.45) is 0 Å². The Labute approximate surface area is 115 Å². The summed E-state index contributed by atoms with van der Waals surface area (Å²) in [5.41, 5.74) is 6.66. The number of hydrogen-bond acceptors (Lipinski definition) is 4. The Kier molecular flexibility index (Phi) is 6.75. The third-order valence-electron chi connectivity index (χ3n) is 2.53. The van der Waals surface area contributed by atoms with Crippen LogP contribution in [0.4, 0.5) is 5.69 Å². The van der Waals surface area contributed by atoms with E-state index in [2.05, 4.69) is 15.9 Å². The van der Waals surface area contributed by atoms with E-state index in [1.807, 2.05) is 0 Å². The molecule has 0 amide bonds. The zero-order valence-electron chi connectivity index (χ0n) is 10.2. The molecule has 0 aliphatic carbocycles. The Morgan fingerprint density at radius 2 is 2.00 bits per heavy atom. The van der Waals surface area contributed by atoms with Crippen LogP contribution in [0.1, 0.15) is 36.0 Å². The van der Waals surface area contributed by atoms with Crippen molar-refractivity contribution < 1.29 is 14.6 Å². The van der Waals surface area contributed by atoms with Crippen LogP contribution < -0.4 is 5.73 Å². The first kappa shape index (κ1) is 15.0. The fraction of sp³-hybridized carbons (Fsp3) is 0.462. The highest BCUT2D eigenvalue weighted by atomic mass is 79.9. The number of halogens is 1. The van der Waals surface area contributed by atoms with E-state index >= 15 is 0 Å². The number of carbonyl (C=O) groups is 1. The number of aliphatic hydroxyl groups excluding tert-OH is 1. The van der Waals surface area contributed by atoms with Gasteiger partial charge in [-0.3, -0.25) is 0 Å². The fourth-order valence-corrected chi connectivity index (χ4v) is 1.94. The number of nitrogen functional groups attached to an aromatic ring is 1. The highest BCUT2D eigenvalue weighted by Crippen LogP contribution is 2.24. The maximum Gasteiger partial charge on any atom is 0.339 e. The van der Waals surface area contributed by atoms with Gasteiger partial charge in [-0.1, -0.05) is 12.5 Å². The van der Waals surface area contributed by atoms with Gasteiger partial charge in [0.1, 0.15) is 0 Å². The number of carbonyl (C=O) groups excluding carboxylic acids is 1. The third kappa shape index (κ3) is 4.66. The van der Waals surface area contributed by atoms with E-state index in [0.29, 0.717) is 22.3 Å². The summed E-state index contributed by atoms with van der Waals surface area (Å²) in [5.74, 6) is -0.365. The fourth-order valence-electron chi connectivity index (χ4n) is 1.52. The predicted octanol–water partition coefficient (Wildman–Crippen LogP) is 2.74. The SMILES string of the molecule is Nc1cccc(C(=O)OCCCCCCO)c1Br. The molecule has 0 spiro atoms. The smallest absolute Gasteiger partial charge is 0.339 e. The summed E-state index contributed by atoms with van der Waals surface area (Å²) in [4.78, 5) is 11.8. The lowest BCUT2D eigenvalue weighted by Crippen LogP contribution is -2.08. The van der Waals surface area contributed by atoms with Crippen molar-refractivity contribution in [1.29, 1.82) is 0 Å². The second-order valence-corrected chi connectivity index (χ2v) is 4.78. The Morgan fingerprint density at radius 1 is 1.28 bits per heavy atom. The number of rotatable bonds is 7. The quantitative estimate of drug-likeness (QED) is 0.461. The number of hydrogen-bond donors (Lipinski definition) is 2. The summed E-state index contributed by atoms with van der Waals surface area (Å²) in [6.45, 7) is 0.613. The molecule has 18 heavy (non-hydrogen) atoms. The molecule has 0 atom stereocenters. The number of esters is 1. The van der Waals surface area contributed by atoms with Gasteiger partial charge in [0.2, 0.25) is 0 Å². The molecule has 100 valence electrons. The number of unbranched alkanes of at least 4 members (excludes halogenated alkanes) is 3. The maximum absolute atomic E-state index is 11.8. The second-order valence-electron chi connectivity index (χ2n) is 3.98. The van der Waals surface area contributed by atoms with Gasteiger partial charge in [-0.15, -0.1) is 0 Å². The van der Waals surface area contributed by atoms with Gasteiger partial charge in [0.15, 0.2) is 0 Å². The lowest BCUT2D eigenvalue weighted by Gasteiger charge is -2.07. The van der Waals surface area contributed by atoms with Crippen molar-refractivity contribution in [3.8, 4) is 0 Å². The van der Waals surface area contributed by atoms with Crippen LogP contribution in [-0.4, -0.2) is 24.3 Å². The van der Waals surface area contributed by atoms with Crippen LogP contribution >= 0.6 is 15.9 Å². The highest BCUT2D eigenvalue weighted by molar-refractivity contribution is 9.10. The molecule has 0 fully saturated rings. The minimum absolute atomic E-state index is 0.218. The minimum Gasteiger partial charge on any atom is -0.462 e. The van der Waals surface area contributed by atoms with E-state index in [9.17, 15) is 4.79 Å². The molecule has 0 aliphatic rings. The van der Waals surface area contributed by atoms with Gasteiger partial charge in [0, 0.05) is 12.3 Å². The van der Waals surface area contributed by atoms with Gasteiger partial charge in [0.05, 0.1) is 16.6 Å². The zero-order chi connectivity index (χ0) is 13.4. The van der Waals surface area contributed by atoms with Crippen molar-refractivity contribution in [3.05, 3.63) is 28.2 Å². The van der Waals surface area contributed by atoms with Crippen molar-refractivity contribution in [2.45, 2.75) is 25.7 Å². The first-order valence-electron chi connectivity index (χ1n) is 5.98. The Bertz CT molecular complexity index is 396. The lowest BCUT2D eigenvalue weighted by molar-refractivity contribution is 0.0496. The predicted molar refractivity (Wildman–Crippen MR) is 74.4 cm³/mol. The number of aliphatic hydroxyl groups is 1. The topological polar surface area (TPSA) is 72.6 Å². The van der Waals surface area contributed by atoms with Crippen LogP contribution in [0.3, 0.4) is 0 Å². The molecule has 0 unspecified atom stereocenters. The number of ether oxygens (including phenoxy) is 1. The summed E-state index contributed by atoms with van der Waals surface area (Å²) in [5, 5.41) is 8.61. The first-order valence-corrected chi connectivity index (χ1v) is 6.78. The Morgan fingerprint density at radius 3 is 2.72 bits per heavy atom. The van der Waals surface area contributed by atoms with Crippen LogP contribution in [0.25, 0.3) is 0 Å². The molecule has 0 aromatic heterocycles. The normalized spacial score (nSPS) is 10.3. The standard InChI is InChI=1S/C13H18BrNO3/c14-12-10(6-5-7-11(12)15)13(17)18-9-4-2-1-3-8-16/h5-7,16H,1-4,8-9,15H2. The third-order valence-corrected chi connectivity index (χ3v) is 3.42. The maximum atomic E-state index is 11.8.